The van der Waals surface area contributed by atoms with Crippen LogP contribution in [-0.2, 0) is 11.2 Å². The summed E-state index contributed by atoms with van der Waals surface area (Å²) in [7, 11) is 0. The zero-order valence-electron chi connectivity index (χ0n) is 9.63. The summed E-state index contributed by atoms with van der Waals surface area (Å²) >= 11 is 3.51. The number of benzene rings is 1. The fourth-order valence-electron chi connectivity index (χ4n) is 2.16. The summed E-state index contributed by atoms with van der Waals surface area (Å²) in [6, 6.07) is 8.53. The summed E-state index contributed by atoms with van der Waals surface area (Å²) in [5.74, 6) is 0. The van der Waals surface area contributed by atoms with Crippen LogP contribution in [0.5, 0.6) is 0 Å². The van der Waals surface area contributed by atoms with E-state index in [-0.39, 0.29) is 5.41 Å². The van der Waals surface area contributed by atoms with Crippen LogP contribution in [0.3, 0.4) is 0 Å². The highest BCUT2D eigenvalue weighted by Crippen LogP contribution is 2.25. The number of hydrogen-bond acceptors (Lipinski definition) is 2. The SMILES string of the molecule is CC1(Cc2cccc(Br)c2)CNCCOC1. The lowest BCUT2D eigenvalue weighted by Gasteiger charge is -2.27. The van der Waals surface area contributed by atoms with Crippen LogP contribution in [0, 0.1) is 5.41 Å². The van der Waals surface area contributed by atoms with E-state index in [0.29, 0.717) is 0 Å². The first-order valence-corrected chi connectivity index (χ1v) is 6.50. The van der Waals surface area contributed by atoms with Crippen molar-refractivity contribution in [3.05, 3.63) is 34.3 Å². The van der Waals surface area contributed by atoms with Crippen molar-refractivity contribution in [2.45, 2.75) is 13.3 Å². The smallest absolute Gasteiger partial charge is 0.0591 e. The average molecular weight is 284 g/mol. The normalized spacial score (nSPS) is 26.4. The first kappa shape index (κ1) is 12.1. The molecule has 1 N–H and O–H groups in total. The van der Waals surface area contributed by atoms with E-state index in [2.05, 4.69) is 52.4 Å². The van der Waals surface area contributed by atoms with E-state index in [1.807, 2.05) is 0 Å². The van der Waals surface area contributed by atoms with Gasteiger partial charge in [-0.3, -0.25) is 0 Å². The topological polar surface area (TPSA) is 21.3 Å². The van der Waals surface area contributed by atoms with E-state index in [9.17, 15) is 0 Å². The Morgan fingerprint density at radius 1 is 1.50 bits per heavy atom. The van der Waals surface area contributed by atoms with Gasteiger partial charge in [0.1, 0.15) is 0 Å². The lowest BCUT2D eigenvalue weighted by Crippen LogP contribution is -2.34. The number of rotatable bonds is 2. The molecule has 1 atom stereocenters. The third kappa shape index (κ3) is 3.30. The Bertz CT molecular complexity index is 346. The van der Waals surface area contributed by atoms with Crippen LogP contribution in [0.25, 0.3) is 0 Å². The fraction of sp³-hybridized carbons (Fsp3) is 0.538. The van der Waals surface area contributed by atoms with Crippen LogP contribution >= 0.6 is 15.9 Å². The number of halogens is 1. The monoisotopic (exact) mass is 283 g/mol. The van der Waals surface area contributed by atoms with Crippen LogP contribution in [0.15, 0.2) is 28.7 Å². The van der Waals surface area contributed by atoms with Gasteiger partial charge in [-0.25, -0.2) is 0 Å². The molecular weight excluding hydrogens is 266 g/mol. The average Bonchev–Trinajstić information content (AvgIpc) is 2.43. The molecule has 3 heteroatoms. The Balaban J connectivity index is 2.06. The number of ether oxygens (including phenoxy) is 1. The summed E-state index contributed by atoms with van der Waals surface area (Å²) in [5, 5.41) is 3.44. The Morgan fingerprint density at radius 3 is 3.19 bits per heavy atom. The maximum atomic E-state index is 5.64. The van der Waals surface area contributed by atoms with Crippen molar-refractivity contribution < 1.29 is 4.74 Å². The molecule has 1 heterocycles. The van der Waals surface area contributed by atoms with Gasteiger partial charge in [0.15, 0.2) is 0 Å². The van der Waals surface area contributed by atoms with E-state index in [0.717, 1.165) is 37.2 Å². The second-order valence-electron chi connectivity index (χ2n) is 4.85. The van der Waals surface area contributed by atoms with Gasteiger partial charge in [0, 0.05) is 23.0 Å². The van der Waals surface area contributed by atoms with Crippen LogP contribution in [0.4, 0.5) is 0 Å². The van der Waals surface area contributed by atoms with Crippen LogP contribution < -0.4 is 5.32 Å². The zero-order chi connectivity index (χ0) is 11.4. The highest BCUT2D eigenvalue weighted by Gasteiger charge is 2.26. The maximum Gasteiger partial charge on any atom is 0.0591 e. The van der Waals surface area contributed by atoms with Gasteiger partial charge in [0.25, 0.3) is 0 Å². The molecule has 88 valence electrons. The molecule has 1 aliphatic rings. The summed E-state index contributed by atoms with van der Waals surface area (Å²) < 4.78 is 6.79. The van der Waals surface area contributed by atoms with Gasteiger partial charge in [-0.1, -0.05) is 35.0 Å². The van der Waals surface area contributed by atoms with Crippen LogP contribution in [0.1, 0.15) is 12.5 Å². The quantitative estimate of drug-likeness (QED) is 0.901. The highest BCUT2D eigenvalue weighted by molar-refractivity contribution is 9.10. The summed E-state index contributed by atoms with van der Waals surface area (Å²) in [6.45, 7) is 5.94. The van der Waals surface area contributed by atoms with Crippen molar-refractivity contribution >= 4 is 15.9 Å². The van der Waals surface area contributed by atoms with Gasteiger partial charge < -0.3 is 10.1 Å². The molecule has 0 spiro atoms. The highest BCUT2D eigenvalue weighted by atomic mass is 79.9. The molecule has 0 aromatic heterocycles. The summed E-state index contributed by atoms with van der Waals surface area (Å²) in [6.07, 6.45) is 1.06. The van der Waals surface area contributed by atoms with Crippen molar-refractivity contribution in [2.24, 2.45) is 5.41 Å². The lowest BCUT2D eigenvalue weighted by atomic mass is 9.84. The minimum absolute atomic E-state index is 0.206. The second-order valence-corrected chi connectivity index (χ2v) is 5.76. The van der Waals surface area contributed by atoms with Crippen molar-refractivity contribution in [1.82, 2.24) is 5.32 Å². The van der Waals surface area contributed by atoms with Crippen molar-refractivity contribution in [2.75, 3.05) is 26.3 Å². The molecule has 1 aromatic rings. The second kappa shape index (κ2) is 5.30. The Kier molecular flexibility index (Phi) is 4.00. The lowest BCUT2D eigenvalue weighted by molar-refractivity contribution is 0.0796. The molecule has 0 bridgehead atoms. The van der Waals surface area contributed by atoms with Crippen molar-refractivity contribution in [3.63, 3.8) is 0 Å². The van der Waals surface area contributed by atoms with E-state index >= 15 is 0 Å². The number of hydrogen-bond donors (Lipinski definition) is 1. The maximum absolute atomic E-state index is 5.64. The molecule has 0 radical (unpaired) electrons. The first-order valence-electron chi connectivity index (χ1n) is 5.71. The summed E-state index contributed by atoms with van der Waals surface area (Å²) in [4.78, 5) is 0. The van der Waals surface area contributed by atoms with Gasteiger partial charge in [-0.05, 0) is 24.1 Å². The van der Waals surface area contributed by atoms with Crippen molar-refractivity contribution in [3.8, 4) is 0 Å². The Morgan fingerprint density at radius 2 is 2.38 bits per heavy atom. The molecule has 0 aliphatic carbocycles. The standard InChI is InChI=1S/C13H18BrNO/c1-13(9-15-5-6-16-10-13)8-11-3-2-4-12(14)7-11/h2-4,7,15H,5-6,8-10H2,1H3. The van der Waals surface area contributed by atoms with Gasteiger partial charge in [0.2, 0.25) is 0 Å². The minimum atomic E-state index is 0.206. The molecule has 1 aliphatic heterocycles. The van der Waals surface area contributed by atoms with Crippen LogP contribution in [0.2, 0.25) is 0 Å². The van der Waals surface area contributed by atoms with Crippen molar-refractivity contribution in [1.29, 1.82) is 0 Å². The Hall–Kier alpha value is -0.380. The predicted molar refractivity (Wildman–Crippen MR) is 69.6 cm³/mol. The molecule has 1 unspecified atom stereocenters. The van der Waals surface area contributed by atoms with Gasteiger partial charge in [0.05, 0.1) is 13.2 Å². The molecule has 1 saturated heterocycles. The summed E-state index contributed by atoms with van der Waals surface area (Å²) in [5.41, 5.74) is 1.57. The van der Waals surface area contributed by atoms with Crippen LogP contribution in [-0.4, -0.2) is 26.3 Å². The Labute approximate surface area is 106 Å². The van der Waals surface area contributed by atoms with Gasteiger partial charge in [-0.2, -0.15) is 0 Å². The molecule has 2 rings (SSSR count). The number of nitrogens with one attached hydrogen (secondary N) is 1. The molecule has 1 fully saturated rings. The molecule has 16 heavy (non-hydrogen) atoms. The molecular formula is C13H18BrNO. The third-order valence-corrected chi connectivity index (χ3v) is 3.44. The molecule has 1 aromatic carbocycles. The predicted octanol–water partition coefficient (Wildman–Crippen LogP) is 2.62. The van der Waals surface area contributed by atoms with Gasteiger partial charge >= 0.3 is 0 Å². The van der Waals surface area contributed by atoms with E-state index in [1.54, 1.807) is 0 Å². The fourth-order valence-corrected chi connectivity index (χ4v) is 2.60. The molecule has 0 saturated carbocycles. The van der Waals surface area contributed by atoms with E-state index < -0.39 is 0 Å². The largest absolute Gasteiger partial charge is 0.380 e. The third-order valence-electron chi connectivity index (χ3n) is 2.95. The van der Waals surface area contributed by atoms with E-state index in [1.165, 1.54) is 5.56 Å². The minimum Gasteiger partial charge on any atom is -0.380 e. The molecule has 0 amide bonds. The first-order chi connectivity index (χ1) is 7.68. The zero-order valence-corrected chi connectivity index (χ0v) is 11.2. The van der Waals surface area contributed by atoms with Gasteiger partial charge in [-0.15, -0.1) is 0 Å². The van der Waals surface area contributed by atoms with E-state index in [4.69, 9.17) is 4.74 Å². The molecule has 2 nitrogen and oxygen atoms in total.